The summed E-state index contributed by atoms with van der Waals surface area (Å²) < 4.78 is 53.1. The largest absolute Gasteiger partial charge is 0.441 e. The molecule has 10 bridgehead atoms. The van der Waals surface area contributed by atoms with Gasteiger partial charge in [0.2, 0.25) is 0 Å². The molecule has 12 nitrogen and oxygen atoms in total. The van der Waals surface area contributed by atoms with E-state index >= 15 is 0 Å². The van der Waals surface area contributed by atoms with Gasteiger partial charge in [-0.25, -0.2) is 0 Å². The van der Waals surface area contributed by atoms with Gasteiger partial charge in [-0.3, -0.25) is 4.79 Å². The number of ether oxygens (including phenoxy) is 8. The van der Waals surface area contributed by atoms with Crippen LogP contribution in [0, 0.1) is 11.8 Å². The zero-order valence-corrected chi connectivity index (χ0v) is 31.0. The molecule has 0 aromatic heterocycles. The van der Waals surface area contributed by atoms with Gasteiger partial charge in [-0.2, -0.15) is 0 Å². The Balaban J connectivity index is 1.06. The highest BCUT2D eigenvalue weighted by atomic mass is 16.7. The van der Waals surface area contributed by atoms with Crippen LogP contribution in [0.2, 0.25) is 0 Å². The van der Waals surface area contributed by atoms with E-state index in [1.807, 2.05) is 0 Å². The van der Waals surface area contributed by atoms with Gasteiger partial charge in [0.15, 0.2) is 18.0 Å². The van der Waals surface area contributed by atoms with Crippen LogP contribution >= 0.6 is 0 Å². The number of nitrogens with two attached hydrogens (primary N) is 1. The molecule has 10 unspecified atom stereocenters. The predicted molar refractivity (Wildman–Crippen MR) is 190 cm³/mol. The summed E-state index contributed by atoms with van der Waals surface area (Å²) in [4.78, 5) is 14.0. The first-order valence-electron chi connectivity index (χ1n) is 20.1. The number of aliphatic hydroxyl groups excluding tert-OH is 1. The molecule has 0 saturated carbocycles. The molecule has 12 heteroatoms. The Morgan fingerprint density at radius 2 is 1.65 bits per heavy atom. The van der Waals surface area contributed by atoms with Crippen LogP contribution in [0.3, 0.4) is 0 Å². The fraction of sp³-hybridized carbons (Fsp3) is 0.875. The normalized spacial score (nSPS) is 50.4. The van der Waals surface area contributed by atoms with E-state index in [4.69, 9.17) is 48.7 Å². The lowest BCUT2D eigenvalue weighted by Gasteiger charge is -2.47. The molecule has 0 aliphatic carbocycles. The molecule has 8 aliphatic rings. The Morgan fingerprint density at radius 1 is 0.865 bits per heavy atom. The minimum Gasteiger partial charge on any atom is -0.441 e. The first-order valence-corrected chi connectivity index (χ1v) is 20.1. The molecular weight excluding hydrogens is 670 g/mol. The van der Waals surface area contributed by atoms with Gasteiger partial charge in [-0.15, -0.1) is 0 Å². The summed E-state index contributed by atoms with van der Waals surface area (Å²) in [5.41, 5.74) is 7.98. The van der Waals surface area contributed by atoms with Gasteiger partial charge in [-0.05, 0) is 62.0 Å². The highest BCUT2D eigenvalue weighted by Gasteiger charge is 2.61. The molecule has 1 spiro atoms. The molecule has 0 radical (unpaired) electrons. The average molecular weight is 733 g/mol. The van der Waals surface area contributed by atoms with Crippen molar-refractivity contribution in [1.82, 2.24) is 0 Å². The van der Waals surface area contributed by atoms with Crippen LogP contribution in [0.1, 0.15) is 96.8 Å². The van der Waals surface area contributed by atoms with Gasteiger partial charge in [0.1, 0.15) is 11.9 Å². The summed E-state index contributed by atoms with van der Waals surface area (Å²) in [6.45, 7) is 11.2. The van der Waals surface area contributed by atoms with Crippen molar-refractivity contribution in [2.24, 2.45) is 17.6 Å². The van der Waals surface area contributed by atoms with Crippen LogP contribution < -0.4 is 5.73 Å². The number of carbonyl (C=O) groups is 1. The van der Waals surface area contributed by atoms with Gasteiger partial charge in [0.05, 0.1) is 79.7 Å². The summed E-state index contributed by atoms with van der Waals surface area (Å²) in [6, 6.07) is 0. The zero-order chi connectivity index (χ0) is 36.3. The summed E-state index contributed by atoms with van der Waals surface area (Å²) in [7, 11) is 1.65. The molecule has 18 atom stereocenters. The quantitative estimate of drug-likeness (QED) is 0.323. The van der Waals surface area contributed by atoms with Crippen molar-refractivity contribution in [3.8, 4) is 0 Å². The highest BCUT2D eigenvalue weighted by molar-refractivity contribution is 5.79. The molecule has 0 aromatic carbocycles. The first-order chi connectivity index (χ1) is 25.0. The molecular formula is C40H62NO11+. The number of fused-ring (bicyclic) bond motifs is 9. The van der Waals surface area contributed by atoms with Crippen LogP contribution in [0.5, 0.6) is 0 Å². The number of aliphatic hydroxyl groups is 1. The van der Waals surface area contributed by atoms with E-state index < -0.39 is 24.1 Å². The summed E-state index contributed by atoms with van der Waals surface area (Å²) in [6.07, 6.45) is 4.79. The van der Waals surface area contributed by atoms with Gasteiger partial charge in [0.25, 0.3) is 0 Å². The van der Waals surface area contributed by atoms with Crippen LogP contribution in [0.15, 0.2) is 24.3 Å². The summed E-state index contributed by atoms with van der Waals surface area (Å²) >= 11 is 0. The lowest BCUT2D eigenvalue weighted by atomic mass is 9.81. The average Bonchev–Trinajstić information content (AvgIpc) is 3.72. The van der Waals surface area contributed by atoms with Crippen molar-refractivity contribution >= 4 is 5.78 Å². The topological polar surface area (TPSA) is 160 Å². The van der Waals surface area contributed by atoms with Crippen LogP contribution in [-0.4, -0.2) is 127 Å². The third-order valence-electron chi connectivity index (χ3n) is 13.6. The smallest absolute Gasteiger partial charge is 0.188 e. The third-order valence-corrected chi connectivity index (χ3v) is 13.6. The molecule has 52 heavy (non-hydrogen) atoms. The van der Waals surface area contributed by atoms with E-state index in [2.05, 4.69) is 20.1 Å². The second-order valence-corrected chi connectivity index (χ2v) is 17.3. The van der Waals surface area contributed by atoms with E-state index in [-0.39, 0.29) is 110 Å². The number of ketones is 1. The number of hydrogen-bond acceptors (Lipinski definition) is 11. The summed E-state index contributed by atoms with van der Waals surface area (Å²) in [5, 5.41) is 19.4. The van der Waals surface area contributed by atoms with Gasteiger partial charge < -0.3 is 53.8 Å². The monoisotopic (exact) mass is 732 g/mol. The molecule has 0 aromatic rings. The van der Waals surface area contributed by atoms with Crippen molar-refractivity contribution in [3.63, 3.8) is 0 Å². The number of Topliss-reactive ketones (excluding diaryl/α,β-unsaturated/α-hetero) is 1. The fourth-order valence-corrected chi connectivity index (χ4v) is 10.9. The van der Waals surface area contributed by atoms with Gasteiger partial charge in [-0.1, -0.05) is 20.1 Å². The number of carbonyl (C=O) groups excluding carboxylic acids is 1. The number of methoxy groups -OCH3 is 1. The minimum atomic E-state index is -0.884. The Bertz CT molecular complexity index is 1330. The highest BCUT2D eigenvalue weighted by Crippen LogP contribution is 2.49. The molecule has 8 aliphatic heterocycles. The van der Waals surface area contributed by atoms with Crippen LogP contribution in [-0.2, 0) is 42.7 Å². The van der Waals surface area contributed by atoms with E-state index in [1.165, 1.54) is 0 Å². The predicted octanol–water partition coefficient (Wildman–Crippen LogP) is 3.15. The van der Waals surface area contributed by atoms with E-state index in [0.717, 1.165) is 49.7 Å². The lowest BCUT2D eigenvalue weighted by Crippen LogP contribution is -2.58. The second-order valence-electron chi connectivity index (χ2n) is 17.3. The Hall–Kier alpha value is -1.29. The van der Waals surface area contributed by atoms with E-state index in [9.17, 15) is 9.90 Å². The Morgan fingerprint density at radius 3 is 2.46 bits per heavy atom. The number of hydrogen-bond donors (Lipinski definition) is 2. The van der Waals surface area contributed by atoms with Crippen LogP contribution in [0.4, 0.5) is 0 Å². The Labute approximate surface area is 308 Å². The maximum atomic E-state index is 14.0. The standard InChI is InChI=1S/C40H61NO11/c1-20-11-25-5-7-30-21(2)12-27(46-30)9-10-40-18-29(44)38(52-40)35-17-36(51-40)39-31(49-35)8-6-26(48-39)13-23(42)14-28-33(16-32(47-25)22(20)3)50-34(37(28)45-4)15-24(43)19-41/h20,24-39,43-44H,2-3,5-19,41H2,1,4H3/p+1/t20-,24?,25?,26?,27?,28?,29-,30+,31?,32?,33+,34?,35-,36?,37-,38?,39+,40-/m1/s1. The zero-order valence-electron chi connectivity index (χ0n) is 31.0. The van der Waals surface area contributed by atoms with E-state index in [1.54, 1.807) is 7.11 Å². The fourth-order valence-electron chi connectivity index (χ4n) is 10.9. The lowest BCUT2D eigenvalue weighted by molar-refractivity contribution is -0.277. The van der Waals surface area contributed by atoms with Crippen molar-refractivity contribution in [2.75, 3.05) is 13.7 Å². The molecule has 8 rings (SSSR count). The summed E-state index contributed by atoms with van der Waals surface area (Å²) in [5.74, 6) is -0.737. The van der Waals surface area contributed by atoms with Gasteiger partial charge >= 0.3 is 0 Å². The minimum absolute atomic E-state index is 0.0164. The number of rotatable bonds is 4. The maximum Gasteiger partial charge on any atom is 0.188 e. The molecule has 8 saturated heterocycles. The molecule has 8 heterocycles. The van der Waals surface area contributed by atoms with Crippen molar-refractivity contribution in [1.29, 1.82) is 0 Å². The van der Waals surface area contributed by atoms with Gasteiger partial charge in [0, 0.05) is 58.1 Å². The molecule has 8 fully saturated rings. The van der Waals surface area contributed by atoms with Crippen molar-refractivity contribution in [2.45, 2.75) is 194 Å². The third kappa shape index (κ3) is 7.48. The first kappa shape index (κ1) is 37.6. The van der Waals surface area contributed by atoms with Crippen molar-refractivity contribution in [3.05, 3.63) is 24.3 Å². The molecule has 0 amide bonds. The van der Waals surface area contributed by atoms with Crippen LogP contribution in [0.25, 0.3) is 0 Å². The molecule has 5 N–H and O–H groups in total. The molecule has 292 valence electrons. The Kier molecular flexibility index (Phi) is 11.1. The van der Waals surface area contributed by atoms with E-state index in [0.29, 0.717) is 38.5 Å². The van der Waals surface area contributed by atoms with Crippen molar-refractivity contribution < 1.29 is 52.9 Å². The SMILES string of the molecule is C=C1C2C[C@@H]3OC(CC(O)CN)[C@H](OC)C3CC(=O)CC3CCC4O[C@@H]5CC(O[C@@]6(CCC7CC(=C)[C@H](CCC(C[C@H]1C)O2)O7)C[C@@H]([OH2+])C5O6)[C@H]4O3. The maximum absolute atomic E-state index is 14.0. The second kappa shape index (κ2) is 15.3.